The lowest BCUT2D eigenvalue weighted by Crippen LogP contribution is -2.25. The molecule has 3 rings (SSSR count). The molecule has 0 atom stereocenters. The molecule has 2 N–H and O–H groups in total. The van der Waals surface area contributed by atoms with E-state index < -0.39 is 5.97 Å². The molecule has 25 heavy (non-hydrogen) atoms. The first kappa shape index (κ1) is 16.9. The van der Waals surface area contributed by atoms with Gasteiger partial charge in [-0.1, -0.05) is 25.0 Å². The number of carbonyl (C=O) groups is 1. The van der Waals surface area contributed by atoms with Gasteiger partial charge in [-0.25, -0.2) is 4.79 Å². The fourth-order valence-electron chi connectivity index (χ4n) is 3.35. The minimum atomic E-state index is -0.551. The number of hydrogen-bond acceptors (Lipinski definition) is 5. The third-order valence-electron chi connectivity index (χ3n) is 4.63. The van der Waals surface area contributed by atoms with E-state index in [1.54, 1.807) is 10.8 Å². The van der Waals surface area contributed by atoms with E-state index >= 15 is 0 Å². The molecule has 1 aromatic carbocycles. The van der Waals surface area contributed by atoms with E-state index in [0.29, 0.717) is 0 Å². The predicted octanol–water partition coefficient (Wildman–Crippen LogP) is 3.10. The molecule has 0 spiro atoms. The Morgan fingerprint density at radius 2 is 1.80 bits per heavy atom. The first-order valence-corrected chi connectivity index (χ1v) is 8.51. The number of nitrogens with zero attached hydrogens (tertiary/aromatic N) is 3. The highest BCUT2D eigenvalue weighted by Crippen LogP contribution is 2.31. The van der Waals surface area contributed by atoms with Gasteiger partial charge in [0.05, 0.1) is 29.7 Å². The zero-order valence-corrected chi connectivity index (χ0v) is 14.4. The number of anilines is 2. The van der Waals surface area contributed by atoms with Gasteiger partial charge in [-0.2, -0.15) is 5.26 Å². The number of aromatic nitrogens is 1. The van der Waals surface area contributed by atoms with Crippen LogP contribution < -0.4 is 10.6 Å². The Balaban J connectivity index is 2.14. The van der Waals surface area contributed by atoms with Crippen molar-refractivity contribution in [2.45, 2.75) is 25.7 Å². The molecule has 0 aliphatic carbocycles. The number of rotatable bonds is 3. The highest BCUT2D eigenvalue weighted by atomic mass is 16.5. The van der Waals surface area contributed by atoms with Gasteiger partial charge in [0.15, 0.2) is 5.69 Å². The van der Waals surface area contributed by atoms with Crippen molar-refractivity contribution < 1.29 is 9.53 Å². The minimum Gasteiger partial charge on any atom is -0.464 e. The van der Waals surface area contributed by atoms with Crippen molar-refractivity contribution in [2.24, 2.45) is 0 Å². The lowest BCUT2D eigenvalue weighted by atomic mass is 10.2. The molecule has 1 aliphatic rings. The van der Waals surface area contributed by atoms with Gasteiger partial charge in [-0.15, -0.1) is 0 Å². The summed E-state index contributed by atoms with van der Waals surface area (Å²) in [4.78, 5) is 14.6. The van der Waals surface area contributed by atoms with Crippen LogP contribution in [0.3, 0.4) is 0 Å². The van der Waals surface area contributed by atoms with Crippen molar-refractivity contribution in [1.29, 1.82) is 5.26 Å². The quantitative estimate of drug-likeness (QED) is 0.869. The predicted molar refractivity (Wildman–Crippen MR) is 96.9 cm³/mol. The SMILES string of the molecule is COC(=O)c1c(N)c(C#N)cn1-c1ccccc1N1CCCCCC1. The zero-order chi connectivity index (χ0) is 17.8. The molecule has 0 bridgehead atoms. The van der Waals surface area contributed by atoms with Crippen molar-refractivity contribution in [2.75, 3.05) is 30.8 Å². The molecule has 6 nitrogen and oxygen atoms in total. The number of ether oxygens (including phenoxy) is 1. The first-order chi connectivity index (χ1) is 12.2. The Labute approximate surface area is 147 Å². The molecule has 130 valence electrons. The number of nitrogens with two attached hydrogens (primary N) is 1. The molecule has 2 aromatic rings. The number of para-hydroxylation sites is 2. The third-order valence-corrected chi connectivity index (χ3v) is 4.63. The van der Waals surface area contributed by atoms with Crippen molar-refractivity contribution in [1.82, 2.24) is 4.57 Å². The van der Waals surface area contributed by atoms with E-state index in [2.05, 4.69) is 4.90 Å². The normalized spacial score (nSPS) is 14.6. The summed E-state index contributed by atoms with van der Waals surface area (Å²) in [6.07, 6.45) is 6.38. The second-order valence-corrected chi connectivity index (χ2v) is 6.17. The summed E-state index contributed by atoms with van der Waals surface area (Å²) in [5, 5.41) is 9.31. The van der Waals surface area contributed by atoms with E-state index in [4.69, 9.17) is 10.5 Å². The number of nitriles is 1. The van der Waals surface area contributed by atoms with Crippen LogP contribution in [-0.4, -0.2) is 30.7 Å². The van der Waals surface area contributed by atoms with E-state index in [-0.39, 0.29) is 16.9 Å². The van der Waals surface area contributed by atoms with Crippen molar-refractivity contribution >= 4 is 17.3 Å². The summed E-state index contributed by atoms with van der Waals surface area (Å²) < 4.78 is 6.56. The Kier molecular flexibility index (Phi) is 4.94. The number of nitrogen functional groups attached to an aromatic ring is 1. The Morgan fingerprint density at radius 3 is 2.40 bits per heavy atom. The van der Waals surface area contributed by atoms with E-state index in [0.717, 1.165) is 37.3 Å². The Bertz CT molecular complexity index is 811. The molecule has 0 saturated carbocycles. The maximum atomic E-state index is 12.3. The first-order valence-electron chi connectivity index (χ1n) is 8.51. The average Bonchev–Trinajstić information content (AvgIpc) is 2.81. The van der Waals surface area contributed by atoms with Gasteiger partial charge < -0.3 is 19.9 Å². The summed E-state index contributed by atoms with van der Waals surface area (Å²) >= 11 is 0. The number of esters is 1. The molecule has 1 aliphatic heterocycles. The monoisotopic (exact) mass is 338 g/mol. The van der Waals surface area contributed by atoms with Crippen molar-refractivity contribution in [3.8, 4) is 11.8 Å². The minimum absolute atomic E-state index is 0.153. The third kappa shape index (κ3) is 3.18. The lowest BCUT2D eigenvalue weighted by molar-refractivity contribution is 0.0593. The van der Waals surface area contributed by atoms with Gasteiger partial charge >= 0.3 is 5.97 Å². The van der Waals surface area contributed by atoms with Crippen LogP contribution in [0.25, 0.3) is 5.69 Å². The molecule has 1 aromatic heterocycles. The van der Waals surface area contributed by atoms with Crippen LogP contribution in [0.1, 0.15) is 41.7 Å². The maximum absolute atomic E-state index is 12.3. The van der Waals surface area contributed by atoms with Gasteiger partial charge in [0.1, 0.15) is 6.07 Å². The summed E-state index contributed by atoms with van der Waals surface area (Å²) in [6, 6.07) is 9.93. The van der Waals surface area contributed by atoms with E-state index in [9.17, 15) is 10.1 Å². The van der Waals surface area contributed by atoms with Gasteiger partial charge in [-0.05, 0) is 25.0 Å². The van der Waals surface area contributed by atoms with Crippen LogP contribution in [0.15, 0.2) is 30.5 Å². The number of hydrogen-bond donors (Lipinski definition) is 1. The summed E-state index contributed by atoms with van der Waals surface area (Å²) in [5.41, 5.74) is 8.51. The molecule has 1 fully saturated rings. The van der Waals surface area contributed by atoms with Crippen molar-refractivity contribution in [3.63, 3.8) is 0 Å². The number of benzene rings is 1. The Morgan fingerprint density at radius 1 is 1.16 bits per heavy atom. The summed E-state index contributed by atoms with van der Waals surface area (Å²) in [5.74, 6) is -0.551. The molecular formula is C19H22N4O2. The molecule has 0 unspecified atom stereocenters. The highest BCUT2D eigenvalue weighted by molar-refractivity contribution is 5.96. The van der Waals surface area contributed by atoms with Gasteiger partial charge in [0, 0.05) is 19.3 Å². The smallest absolute Gasteiger partial charge is 0.357 e. The topological polar surface area (TPSA) is 84.3 Å². The fraction of sp³-hybridized carbons (Fsp3) is 0.368. The number of carbonyl (C=O) groups excluding carboxylic acids is 1. The number of methoxy groups -OCH3 is 1. The largest absolute Gasteiger partial charge is 0.464 e. The second-order valence-electron chi connectivity index (χ2n) is 6.17. The molecule has 0 radical (unpaired) electrons. The standard InChI is InChI=1S/C19H22N4O2/c1-25-19(24)18-17(21)14(12-20)13-23(18)16-9-5-4-8-15(16)22-10-6-2-3-7-11-22/h4-5,8-9,13H,2-3,6-7,10-11,21H2,1H3. The van der Waals surface area contributed by atoms with Crippen LogP contribution in [-0.2, 0) is 4.74 Å². The van der Waals surface area contributed by atoms with Crippen LogP contribution in [0.5, 0.6) is 0 Å². The van der Waals surface area contributed by atoms with Gasteiger partial charge in [0.2, 0.25) is 0 Å². The molecule has 1 saturated heterocycles. The summed E-state index contributed by atoms with van der Waals surface area (Å²) in [6.45, 7) is 1.96. The highest BCUT2D eigenvalue weighted by Gasteiger charge is 2.24. The second kappa shape index (κ2) is 7.31. The molecule has 0 amide bonds. The Hall–Kier alpha value is -2.94. The van der Waals surface area contributed by atoms with Crippen LogP contribution in [0.2, 0.25) is 0 Å². The average molecular weight is 338 g/mol. The van der Waals surface area contributed by atoms with E-state index in [1.807, 2.05) is 30.3 Å². The molecule has 6 heteroatoms. The van der Waals surface area contributed by atoms with Gasteiger partial charge in [0.25, 0.3) is 0 Å². The van der Waals surface area contributed by atoms with E-state index in [1.165, 1.54) is 20.0 Å². The zero-order valence-electron chi connectivity index (χ0n) is 14.4. The maximum Gasteiger partial charge on any atom is 0.357 e. The van der Waals surface area contributed by atoms with Crippen LogP contribution >= 0.6 is 0 Å². The molecule has 2 heterocycles. The van der Waals surface area contributed by atoms with Crippen LogP contribution in [0.4, 0.5) is 11.4 Å². The van der Waals surface area contributed by atoms with Crippen molar-refractivity contribution in [3.05, 3.63) is 41.7 Å². The van der Waals surface area contributed by atoms with Crippen LogP contribution in [0, 0.1) is 11.3 Å². The van der Waals surface area contributed by atoms with Gasteiger partial charge in [-0.3, -0.25) is 0 Å². The lowest BCUT2D eigenvalue weighted by Gasteiger charge is -2.26. The summed E-state index contributed by atoms with van der Waals surface area (Å²) in [7, 11) is 1.31. The molecular weight excluding hydrogens is 316 g/mol. The fourth-order valence-corrected chi connectivity index (χ4v) is 3.35.